The number of aryl methyl sites for hydroxylation is 1. The Balaban J connectivity index is 2.12. The van der Waals surface area contributed by atoms with Crippen molar-refractivity contribution in [2.24, 2.45) is 11.3 Å². The molecule has 1 N–H and O–H groups in total. The molecular weight excluding hydrogens is 231 g/mol. The summed E-state index contributed by atoms with van der Waals surface area (Å²) in [5, 5.41) is 11.8. The highest BCUT2D eigenvalue weighted by Gasteiger charge is 2.48. The third kappa shape index (κ3) is 2.08. The maximum atomic E-state index is 13.1. The fourth-order valence-corrected chi connectivity index (χ4v) is 2.43. The van der Waals surface area contributed by atoms with Crippen molar-refractivity contribution in [3.63, 3.8) is 0 Å². The molecule has 0 heterocycles. The quantitative estimate of drug-likeness (QED) is 0.872. The van der Waals surface area contributed by atoms with E-state index >= 15 is 0 Å². The van der Waals surface area contributed by atoms with Gasteiger partial charge in [-0.2, -0.15) is 5.26 Å². The molecule has 3 nitrogen and oxygen atoms in total. The Bertz CT molecular complexity index is 527. The molecule has 0 spiro atoms. The zero-order valence-electron chi connectivity index (χ0n) is 10.5. The lowest BCUT2D eigenvalue weighted by molar-refractivity contribution is -0.128. The van der Waals surface area contributed by atoms with Gasteiger partial charge >= 0.3 is 0 Å². The van der Waals surface area contributed by atoms with Crippen LogP contribution in [0.5, 0.6) is 0 Å². The fourth-order valence-electron chi connectivity index (χ4n) is 2.43. The molecule has 0 bridgehead atoms. The molecule has 0 aliphatic heterocycles. The minimum absolute atomic E-state index is 0.283. The molecule has 18 heavy (non-hydrogen) atoms. The van der Waals surface area contributed by atoms with E-state index in [1.54, 1.807) is 13.0 Å². The van der Waals surface area contributed by atoms with Crippen LogP contribution in [-0.2, 0) is 4.79 Å². The Morgan fingerprint density at radius 3 is 2.72 bits per heavy atom. The van der Waals surface area contributed by atoms with Gasteiger partial charge in [0, 0.05) is 5.69 Å². The molecule has 0 unspecified atom stereocenters. The highest BCUT2D eigenvalue weighted by atomic mass is 19.1. The van der Waals surface area contributed by atoms with Gasteiger partial charge in [0.05, 0.1) is 6.07 Å². The second kappa shape index (κ2) is 4.41. The molecule has 1 fully saturated rings. The summed E-state index contributed by atoms with van der Waals surface area (Å²) in [5.74, 6) is -0.181. The minimum Gasteiger partial charge on any atom is -0.325 e. The van der Waals surface area contributed by atoms with Gasteiger partial charge < -0.3 is 5.32 Å². The number of halogens is 1. The molecule has 4 heteroatoms. The molecule has 0 aromatic heterocycles. The Morgan fingerprint density at radius 2 is 2.22 bits per heavy atom. The summed E-state index contributed by atoms with van der Waals surface area (Å²) in [6.07, 6.45) is 1.19. The van der Waals surface area contributed by atoms with E-state index in [0.717, 1.165) is 0 Å². The van der Waals surface area contributed by atoms with Crippen LogP contribution in [0.3, 0.4) is 0 Å². The van der Waals surface area contributed by atoms with Crippen molar-refractivity contribution >= 4 is 11.6 Å². The van der Waals surface area contributed by atoms with Crippen LogP contribution in [0.4, 0.5) is 10.1 Å². The van der Waals surface area contributed by atoms with E-state index in [9.17, 15) is 9.18 Å². The van der Waals surface area contributed by atoms with Gasteiger partial charge in [0.2, 0.25) is 5.91 Å². The molecule has 1 saturated carbocycles. The van der Waals surface area contributed by atoms with E-state index in [1.807, 2.05) is 6.92 Å². The maximum absolute atomic E-state index is 13.1. The molecule has 1 aromatic rings. The monoisotopic (exact) mass is 246 g/mol. The first-order valence-electron chi connectivity index (χ1n) is 5.96. The van der Waals surface area contributed by atoms with Crippen molar-refractivity contribution in [1.82, 2.24) is 0 Å². The van der Waals surface area contributed by atoms with Crippen molar-refractivity contribution in [3.8, 4) is 6.07 Å². The molecule has 2 rings (SSSR count). The van der Waals surface area contributed by atoms with Crippen molar-refractivity contribution in [3.05, 3.63) is 29.6 Å². The Labute approximate surface area is 106 Å². The van der Waals surface area contributed by atoms with E-state index in [1.165, 1.54) is 12.1 Å². The smallest absolute Gasteiger partial charge is 0.244 e. The maximum Gasteiger partial charge on any atom is 0.244 e. The van der Waals surface area contributed by atoms with Gasteiger partial charge in [0.15, 0.2) is 0 Å². The summed E-state index contributed by atoms with van der Waals surface area (Å²) in [4.78, 5) is 12.1. The highest BCUT2D eigenvalue weighted by Crippen LogP contribution is 2.45. The molecule has 1 aromatic carbocycles. The van der Waals surface area contributed by atoms with Crippen molar-refractivity contribution in [2.75, 3.05) is 5.32 Å². The summed E-state index contributed by atoms with van der Waals surface area (Å²) in [5.41, 5.74) is 0.107. The van der Waals surface area contributed by atoms with Crippen LogP contribution >= 0.6 is 0 Å². The summed E-state index contributed by atoms with van der Waals surface area (Å²) < 4.78 is 13.1. The number of hydrogen-bond acceptors (Lipinski definition) is 2. The molecule has 0 radical (unpaired) electrons. The van der Waals surface area contributed by atoms with E-state index < -0.39 is 5.41 Å². The van der Waals surface area contributed by atoms with Crippen LogP contribution in [-0.4, -0.2) is 5.91 Å². The topological polar surface area (TPSA) is 52.9 Å². The first-order valence-corrected chi connectivity index (χ1v) is 5.96. The fraction of sp³-hybridized carbons (Fsp3) is 0.429. The Hall–Kier alpha value is -1.89. The number of hydrogen-bond donors (Lipinski definition) is 1. The Kier molecular flexibility index (Phi) is 3.08. The van der Waals surface area contributed by atoms with Gasteiger partial charge in [-0.3, -0.25) is 4.79 Å². The van der Waals surface area contributed by atoms with Gasteiger partial charge in [-0.15, -0.1) is 0 Å². The molecule has 1 amide bonds. The molecule has 94 valence electrons. The highest BCUT2D eigenvalue weighted by molar-refractivity contribution is 5.98. The van der Waals surface area contributed by atoms with Crippen molar-refractivity contribution in [2.45, 2.75) is 26.7 Å². The van der Waals surface area contributed by atoms with E-state index in [2.05, 4.69) is 11.4 Å². The third-order valence-electron chi connectivity index (χ3n) is 3.46. The first-order chi connectivity index (χ1) is 8.47. The van der Waals surface area contributed by atoms with Gasteiger partial charge in [-0.1, -0.05) is 6.92 Å². The molecular formula is C14H15FN2O. The number of nitriles is 1. The van der Waals surface area contributed by atoms with E-state index in [0.29, 0.717) is 30.0 Å². The lowest BCUT2D eigenvalue weighted by Gasteiger charge is -2.39. The van der Waals surface area contributed by atoms with Crippen LogP contribution in [0.1, 0.15) is 25.3 Å². The van der Waals surface area contributed by atoms with Crippen LogP contribution in [0, 0.1) is 35.4 Å². The standard InChI is InChI=1S/C14H15FN2O/c1-9-6-14(7-9,8-16)13(18)17-11-3-4-12(15)10(2)5-11/h3-5,9H,6-7H2,1-2H3,(H,17,18). The lowest BCUT2D eigenvalue weighted by atomic mass is 9.63. The predicted molar refractivity (Wildman–Crippen MR) is 66.2 cm³/mol. The number of benzene rings is 1. The third-order valence-corrected chi connectivity index (χ3v) is 3.46. The van der Waals surface area contributed by atoms with E-state index in [4.69, 9.17) is 5.26 Å². The molecule has 1 aliphatic carbocycles. The number of rotatable bonds is 2. The van der Waals surface area contributed by atoms with Gasteiger partial charge in [0.25, 0.3) is 0 Å². The number of nitrogens with zero attached hydrogens (tertiary/aromatic N) is 1. The molecule has 1 aliphatic rings. The number of nitrogens with one attached hydrogen (secondary N) is 1. The summed E-state index contributed by atoms with van der Waals surface area (Å²) in [6, 6.07) is 6.50. The first kappa shape index (κ1) is 12.6. The van der Waals surface area contributed by atoms with Crippen LogP contribution in [0.15, 0.2) is 18.2 Å². The number of anilines is 1. The summed E-state index contributed by atoms with van der Waals surface area (Å²) in [6.45, 7) is 3.65. The molecule has 0 saturated heterocycles. The van der Waals surface area contributed by atoms with Gasteiger partial charge in [-0.05, 0) is 49.4 Å². The second-order valence-corrected chi connectivity index (χ2v) is 5.13. The summed E-state index contributed by atoms with van der Waals surface area (Å²) in [7, 11) is 0. The Morgan fingerprint density at radius 1 is 1.56 bits per heavy atom. The second-order valence-electron chi connectivity index (χ2n) is 5.13. The number of carbonyl (C=O) groups is 1. The van der Waals surface area contributed by atoms with Crippen LogP contribution in [0.25, 0.3) is 0 Å². The zero-order chi connectivity index (χ0) is 13.3. The van der Waals surface area contributed by atoms with Crippen LogP contribution in [0.2, 0.25) is 0 Å². The van der Waals surface area contributed by atoms with Gasteiger partial charge in [-0.25, -0.2) is 4.39 Å². The average Bonchev–Trinajstić information content (AvgIpc) is 2.29. The number of amides is 1. The van der Waals surface area contributed by atoms with Gasteiger partial charge in [0.1, 0.15) is 11.2 Å². The SMILES string of the molecule is Cc1cc(NC(=O)C2(C#N)CC(C)C2)ccc1F. The van der Waals surface area contributed by atoms with E-state index in [-0.39, 0.29) is 11.7 Å². The average molecular weight is 246 g/mol. The summed E-state index contributed by atoms with van der Waals surface area (Å²) >= 11 is 0. The zero-order valence-corrected chi connectivity index (χ0v) is 10.5. The van der Waals surface area contributed by atoms with Crippen molar-refractivity contribution < 1.29 is 9.18 Å². The minimum atomic E-state index is -0.901. The lowest BCUT2D eigenvalue weighted by Crippen LogP contribution is -2.45. The molecule has 0 atom stereocenters. The normalized spacial score (nSPS) is 26.0. The predicted octanol–water partition coefficient (Wildman–Crippen LogP) is 3.01. The van der Waals surface area contributed by atoms with Crippen LogP contribution < -0.4 is 5.32 Å². The largest absolute Gasteiger partial charge is 0.325 e. The van der Waals surface area contributed by atoms with Crippen molar-refractivity contribution in [1.29, 1.82) is 5.26 Å². The number of carbonyl (C=O) groups excluding carboxylic acids is 1.